The van der Waals surface area contributed by atoms with Gasteiger partial charge in [-0.3, -0.25) is 4.79 Å². The van der Waals surface area contributed by atoms with Crippen LogP contribution in [0.15, 0.2) is 0 Å². The monoisotopic (exact) mass is 230 g/mol. The van der Waals surface area contributed by atoms with Crippen molar-refractivity contribution in [2.45, 2.75) is 38.3 Å². The van der Waals surface area contributed by atoms with Crippen molar-refractivity contribution in [3.63, 3.8) is 0 Å². The van der Waals surface area contributed by atoms with Gasteiger partial charge in [-0.1, -0.05) is 6.92 Å². The number of aliphatic hydroxyl groups excluding tert-OH is 1. The minimum Gasteiger partial charge on any atom is -0.394 e. The summed E-state index contributed by atoms with van der Waals surface area (Å²) in [5, 5.41) is 14.9. The maximum Gasteiger partial charge on any atom is 0.246 e. The van der Waals surface area contributed by atoms with Gasteiger partial charge in [0.15, 0.2) is 0 Å². The van der Waals surface area contributed by atoms with Crippen molar-refractivity contribution in [2.24, 2.45) is 0 Å². The van der Waals surface area contributed by atoms with Crippen molar-refractivity contribution in [1.82, 2.24) is 10.6 Å². The molecule has 0 unspecified atom stereocenters. The van der Waals surface area contributed by atoms with Crippen LogP contribution in [0.25, 0.3) is 0 Å². The molecule has 16 heavy (non-hydrogen) atoms. The molecule has 0 bridgehead atoms. The molecular formula is C11H22N2O3. The molecule has 1 amide bonds. The Bertz CT molecular complexity index is 201. The smallest absolute Gasteiger partial charge is 0.246 e. The average Bonchev–Trinajstić information content (AvgIpc) is 2.34. The maximum absolute atomic E-state index is 11.5. The highest BCUT2D eigenvalue weighted by Crippen LogP contribution is 2.06. The van der Waals surface area contributed by atoms with Crippen molar-refractivity contribution in [2.75, 3.05) is 26.3 Å². The fraction of sp³-hybridized carbons (Fsp3) is 0.909. The molecule has 1 atom stereocenters. The summed E-state index contributed by atoms with van der Waals surface area (Å²) in [7, 11) is 0. The quantitative estimate of drug-likeness (QED) is 0.583. The molecule has 5 nitrogen and oxygen atoms in total. The predicted octanol–water partition coefficient (Wildman–Crippen LogP) is -0.358. The van der Waals surface area contributed by atoms with Crippen molar-refractivity contribution in [3.8, 4) is 0 Å². The molecule has 1 rings (SSSR count). The van der Waals surface area contributed by atoms with Gasteiger partial charge < -0.3 is 20.5 Å². The summed E-state index contributed by atoms with van der Waals surface area (Å²) in [6, 6.07) is -0.149. The van der Waals surface area contributed by atoms with Crippen LogP contribution in [0.4, 0.5) is 0 Å². The van der Waals surface area contributed by atoms with Gasteiger partial charge in [0.2, 0.25) is 5.91 Å². The molecule has 0 radical (unpaired) electrons. The molecule has 1 aliphatic heterocycles. The lowest BCUT2D eigenvalue weighted by Crippen LogP contribution is -2.41. The van der Waals surface area contributed by atoms with E-state index < -0.39 is 0 Å². The van der Waals surface area contributed by atoms with Gasteiger partial charge in [-0.15, -0.1) is 0 Å². The second-order valence-corrected chi connectivity index (χ2v) is 4.12. The van der Waals surface area contributed by atoms with E-state index in [1.54, 1.807) is 0 Å². The van der Waals surface area contributed by atoms with Gasteiger partial charge in [-0.25, -0.2) is 0 Å². The Morgan fingerprint density at radius 1 is 1.56 bits per heavy atom. The number of nitrogens with one attached hydrogen (secondary N) is 2. The lowest BCUT2D eigenvalue weighted by Gasteiger charge is -2.23. The van der Waals surface area contributed by atoms with Crippen LogP contribution in [0.2, 0.25) is 0 Å². The third-order valence-electron chi connectivity index (χ3n) is 2.81. The topological polar surface area (TPSA) is 70.6 Å². The first-order valence-electron chi connectivity index (χ1n) is 5.98. The summed E-state index contributed by atoms with van der Waals surface area (Å²) in [6.45, 7) is 3.92. The van der Waals surface area contributed by atoms with E-state index in [0.717, 1.165) is 32.4 Å². The van der Waals surface area contributed by atoms with Crippen LogP contribution >= 0.6 is 0 Å². The lowest BCUT2D eigenvalue weighted by molar-refractivity contribution is -0.129. The number of hydrogen-bond acceptors (Lipinski definition) is 4. The molecule has 1 aliphatic rings. The molecule has 0 aromatic rings. The van der Waals surface area contributed by atoms with Crippen molar-refractivity contribution >= 4 is 5.91 Å². The number of carbonyl (C=O) groups excluding carboxylic acids is 1. The number of ether oxygens (including phenoxy) is 1. The number of aliphatic hydroxyl groups is 1. The number of piperidine rings is 1. The summed E-state index contributed by atoms with van der Waals surface area (Å²) in [5.74, 6) is -0.139. The third-order valence-corrected chi connectivity index (χ3v) is 2.81. The Balaban J connectivity index is 2.13. The van der Waals surface area contributed by atoms with E-state index in [1.165, 1.54) is 0 Å². The second-order valence-electron chi connectivity index (χ2n) is 4.12. The van der Waals surface area contributed by atoms with Crippen molar-refractivity contribution < 1.29 is 14.6 Å². The fourth-order valence-electron chi connectivity index (χ4n) is 1.70. The van der Waals surface area contributed by atoms with E-state index in [2.05, 4.69) is 10.6 Å². The van der Waals surface area contributed by atoms with Crippen LogP contribution in [0.3, 0.4) is 0 Å². The highest BCUT2D eigenvalue weighted by atomic mass is 16.5. The molecule has 0 aromatic heterocycles. The maximum atomic E-state index is 11.5. The second kappa shape index (κ2) is 7.60. The van der Waals surface area contributed by atoms with E-state index in [-0.39, 0.29) is 31.3 Å². The normalized spacial score (nSPS) is 19.4. The molecule has 0 aliphatic carbocycles. The molecule has 5 heteroatoms. The molecule has 1 heterocycles. The Labute approximate surface area is 96.6 Å². The third kappa shape index (κ3) is 4.92. The highest BCUT2D eigenvalue weighted by Gasteiger charge is 2.15. The Morgan fingerprint density at radius 3 is 2.81 bits per heavy atom. The minimum absolute atomic E-state index is 0.0183. The Morgan fingerprint density at radius 2 is 2.25 bits per heavy atom. The largest absolute Gasteiger partial charge is 0.394 e. The minimum atomic E-state index is -0.149. The van der Waals surface area contributed by atoms with Gasteiger partial charge in [0.1, 0.15) is 6.61 Å². The van der Waals surface area contributed by atoms with E-state index >= 15 is 0 Å². The Hall–Kier alpha value is -0.650. The van der Waals surface area contributed by atoms with Crippen LogP contribution in [0, 0.1) is 0 Å². The van der Waals surface area contributed by atoms with E-state index in [4.69, 9.17) is 9.84 Å². The fourth-order valence-corrected chi connectivity index (χ4v) is 1.70. The molecule has 3 N–H and O–H groups in total. The predicted molar refractivity (Wildman–Crippen MR) is 61.2 cm³/mol. The summed E-state index contributed by atoms with van der Waals surface area (Å²) in [6.07, 6.45) is 2.85. The molecular weight excluding hydrogens is 208 g/mol. The number of hydrogen-bond donors (Lipinski definition) is 3. The van der Waals surface area contributed by atoms with Gasteiger partial charge in [-0.2, -0.15) is 0 Å². The SMILES string of the molecule is CC[C@@H](CO)NC(=O)COC1CCNCC1. The molecule has 94 valence electrons. The first-order chi connectivity index (χ1) is 7.76. The van der Waals surface area contributed by atoms with Crippen LogP contribution in [0.1, 0.15) is 26.2 Å². The van der Waals surface area contributed by atoms with Crippen LogP contribution < -0.4 is 10.6 Å². The zero-order chi connectivity index (χ0) is 11.8. The summed E-state index contributed by atoms with van der Waals surface area (Å²) >= 11 is 0. The zero-order valence-corrected chi connectivity index (χ0v) is 9.87. The van der Waals surface area contributed by atoms with Gasteiger partial charge in [0, 0.05) is 0 Å². The van der Waals surface area contributed by atoms with E-state index in [0.29, 0.717) is 0 Å². The van der Waals surface area contributed by atoms with Crippen molar-refractivity contribution in [1.29, 1.82) is 0 Å². The lowest BCUT2D eigenvalue weighted by atomic mass is 10.1. The van der Waals surface area contributed by atoms with Crippen LogP contribution in [0.5, 0.6) is 0 Å². The zero-order valence-electron chi connectivity index (χ0n) is 9.87. The molecule has 1 saturated heterocycles. The van der Waals surface area contributed by atoms with E-state index in [9.17, 15) is 4.79 Å². The van der Waals surface area contributed by atoms with Gasteiger partial charge in [0.25, 0.3) is 0 Å². The first-order valence-corrected chi connectivity index (χ1v) is 5.98. The van der Waals surface area contributed by atoms with Gasteiger partial charge >= 0.3 is 0 Å². The first kappa shape index (κ1) is 13.4. The van der Waals surface area contributed by atoms with E-state index in [1.807, 2.05) is 6.92 Å². The van der Waals surface area contributed by atoms with Gasteiger partial charge in [-0.05, 0) is 32.4 Å². The number of rotatable bonds is 6. The van der Waals surface area contributed by atoms with Crippen LogP contribution in [-0.2, 0) is 9.53 Å². The summed E-state index contributed by atoms with van der Waals surface area (Å²) in [5.41, 5.74) is 0. The van der Waals surface area contributed by atoms with Crippen LogP contribution in [-0.4, -0.2) is 49.5 Å². The standard InChI is InChI=1S/C11H22N2O3/c1-2-9(7-14)13-11(15)8-16-10-3-5-12-6-4-10/h9-10,12,14H,2-8H2,1H3,(H,13,15)/t9-/m0/s1. The van der Waals surface area contributed by atoms with Crippen molar-refractivity contribution in [3.05, 3.63) is 0 Å². The molecule has 0 spiro atoms. The molecule has 1 fully saturated rings. The average molecular weight is 230 g/mol. The number of carbonyl (C=O) groups is 1. The number of amides is 1. The highest BCUT2D eigenvalue weighted by molar-refractivity contribution is 5.77. The molecule has 0 saturated carbocycles. The summed E-state index contributed by atoms with van der Waals surface area (Å²) < 4.78 is 5.50. The van der Waals surface area contributed by atoms with Gasteiger partial charge in [0.05, 0.1) is 18.8 Å². The molecule has 0 aromatic carbocycles. The Kier molecular flexibility index (Phi) is 6.37. The summed E-state index contributed by atoms with van der Waals surface area (Å²) in [4.78, 5) is 11.5.